The van der Waals surface area contributed by atoms with Gasteiger partial charge in [0.25, 0.3) is 0 Å². The van der Waals surface area contributed by atoms with Crippen LogP contribution in [0.15, 0.2) is 12.3 Å². The van der Waals surface area contributed by atoms with E-state index in [1.54, 1.807) is 13.1 Å². The Labute approximate surface area is 84.0 Å². The van der Waals surface area contributed by atoms with E-state index in [2.05, 4.69) is 9.97 Å². The van der Waals surface area contributed by atoms with E-state index in [0.29, 0.717) is 11.0 Å². The van der Waals surface area contributed by atoms with Crippen molar-refractivity contribution in [3.05, 3.63) is 23.2 Å². The van der Waals surface area contributed by atoms with Gasteiger partial charge < -0.3 is 9.67 Å². The number of imidazole rings is 1. The van der Waals surface area contributed by atoms with E-state index in [-0.39, 0.29) is 11.0 Å². The highest BCUT2D eigenvalue weighted by molar-refractivity contribution is 6.29. The van der Waals surface area contributed by atoms with Gasteiger partial charge in [0.2, 0.25) is 5.28 Å². The number of nitrogens with zero attached hydrogens (tertiary/aromatic N) is 3. The first-order valence-electron chi connectivity index (χ1n) is 3.81. The van der Waals surface area contributed by atoms with Gasteiger partial charge in [-0.05, 0) is 17.7 Å². The Kier molecular flexibility index (Phi) is 1.89. The van der Waals surface area contributed by atoms with Crippen molar-refractivity contribution < 1.29 is 9.90 Å². The topological polar surface area (TPSA) is 68.0 Å². The summed E-state index contributed by atoms with van der Waals surface area (Å²) in [7, 11) is 1.64. The summed E-state index contributed by atoms with van der Waals surface area (Å²) in [4.78, 5) is 18.6. The first kappa shape index (κ1) is 8.96. The first-order valence-corrected chi connectivity index (χ1v) is 4.19. The number of carboxylic acids is 1. The van der Waals surface area contributed by atoms with Gasteiger partial charge in [-0.2, -0.15) is 0 Å². The number of hydrogen-bond acceptors (Lipinski definition) is 3. The number of pyridine rings is 1. The fraction of sp³-hybridized carbons (Fsp3) is 0.125. The van der Waals surface area contributed by atoms with E-state index < -0.39 is 5.97 Å². The molecule has 0 atom stereocenters. The number of aromatic carboxylic acids is 1. The summed E-state index contributed by atoms with van der Waals surface area (Å²) in [5, 5.41) is 9.12. The molecule has 0 saturated heterocycles. The van der Waals surface area contributed by atoms with Crippen molar-refractivity contribution in [3.63, 3.8) is 0 Å². The molecule has 0 fully saturated rings. The maximum absolute atomic E-state index is 10.8. The Bertz CT molecular complexity index is 521. The van der Waals surface area contributed by atoms with Crippen LogP contribution in [0.2, 0.25) is 5.28 Å². The molecule has 0 bridgehead atoms. The second kappa shape index (κ2) is 2.95. The number of rotatable bonds is 1. The lowest BCUT2D eigenvalue weighted by atomic mass is 10.3. The van der Waals surface area contributed by atoms with Crippen molar-refractivity contribution in [1.82, 2.24) is 14.5 Å². The molecule has 2 aromatic rings. The molecule has 2 aromatic heterocycles. The predicted octanol–water partition coefficient (Wildman–Crippen LogP) is 1.32. The Hall–Kier alpha value is -1.62. The summed E-state index contributed by atoms with van der Waals surface area (Å²) in [6.45, 7) is 0. The number of fused-ring (bicyclic) bond motifs is 1. The summed E-state index contributed by atoms with van der Waals surface area (Å²) in [6.07, 6.45) is 1.40. The minimum Gasteiger partial charge on any atom is -0.476 e. The number of carbonyl (C=O) groups is 1. The van der Waals surface area contributed by atoms with Crippen LogP contribution in [-0.4, -0.2) is 25.6 Å². The van der Waals surface area contributed by atoms with Gasteiger partial charge in [0, 0.05) is 13.2 Å². The Morgan fingerprint density at radius 1 is 1.64 bits per heavy atom. The number of halogens is 1. The SMILES string of the molecule is Cn1c(Cl)nc2ccnc(C(=O)O)c21. The lowest BCUT2D eigenvalue weighted by molar-refractivity contribution is 0.0692. The molecule has 0 aromatic carbocycles. The van der Waals surface area contributed by atoms with E-state index in [0.717, 1.165) is 0 Å². The summed E-state index contributed by atoms with van der Waals surface area (Å²) in [5.74, 6) is -1.09. The molecule has 0 aliphatic rings. The maximum atomic E-state index is 10.8. The van der Waals surface area contributed by atoms with Crippen molar-refractivity contribution >= 4 is 28.6 Å². The molecule has 2 heterocycles. The van der Waals surface area contributed by atoms with Crippen molar-refractivity contribution in [2.75, 3.05) is 0 Å². The monoisotopic (exact) mass is 211 g/mol. The number of hydrogen-bond donors (Lipinski definition) is 1. The highest BCUT2D eigenvalue weighted by atomic mass is 35.5. The van der Waals surface area contributed by atoms with Crippen LogP contribution in [0.4, 0.5) is 0 Å². The lowest BCUT2D eigenvalue weighted by Gasteiger charge is -1.98. The quantitative estimate of drug-likeness (QED) is 0.773. The molecule has 0 aliphatic heterocycles. The highest BCUT2D eigenvalue weighted by Gasteiger charge is 2.15. The Morgan fingerprint density at radius 3 is 3.00 bits per heavy atom. The fourth-order valence-corrected chi connectivity index (χ4v) is 1.46. The number of aryl methyl sites for hydroxylation is 1. The average Bonchev–Trinajstić information content (AvgIpc) is 2.43. The van der Waals surface area contributed by atoms with Crippen LogP contribution in [0.3, 0.4) is 0 Å². The average molecular weight is 212 g/mol. The van der Waals surface area contributed by atoms with Gasteiger partial charge in [-0.25, -0.2) is 14.8 Å². The van der Waals surface area contributed by atoms with E-state index in [1.165, 1.54) is 10.8 Å². The zero-order valence-corrected chi connectivity index (χ0v) is 7.99. The van der Waals surface area contributed by atoms with Gasteiger partial charge in [-0.1, -0.05) is 0 Å². The van der Waals surface area contributed by atoms with Gasteiger partial charge in [0.05, 0.1) is 5.52 Å². The second-order valence-corrected chi connectivity index (χ2v) is 3.11. The fourth-order valence-electron chi connectivity index (χ4n) is 1.29. The molecule has 0 spiro atoms. The van der Waals surface area contributed by atoms with E-state index in [4.69, 9.17) is 16.7 Å². The molecule has 0 aliphatic carbocycles. The van der Waals surface area contributed by atoms with E-state index >= 15 is 0 Å². The molecule has 0 unspecified atom stereocenters. The second-order valence-electron chi connectivity index (χ2n) is 2.77. The number of carboxylic acid groups (broad SMARTS) is 1. The minimum absolute atomic E-state index is 0.0376. The van der Waals surface area contributed by atoms with Crippen LogP contribution >= 0.6 is 11.6 Å². The highest BCUT2D eigenvalue weighted by Crippen LogP contribution is 2.20. The van der Waals surface area contributed by atoms with Crippen LogP contribution in [0.1, 0.15) is 10.5 Å². The summed E-state index contributed by atoms with van der Waals surface area (Å²) in [5.41, 5.74) is 0.930. The van der Waals surface area contributed by atoms with Crippen molar-refractivity contribution in [3.8, 4) is 0 Å². The normalized spacial score (nSPS) is 10.7. The van der Waals surface area contributed by atoms with Gasteiger partial charge in [-0.15, -0.1) is 0 Å². The molecule has 14 heavy (non-hydrogen) atoms. The molecular weight excluding hydrogens is 206 g/mol. The van der Waals surface area contributed by atoms with Gasteiger partial charge in [-0.3, -0.25) is 0 Å². The first-order chi connectivity index (χ1) is 6.61. The summed E-state index contributed by atoms with van der Waals surface area (Å²) >= 11 is 5.76. The third-order valence-corrected chi connectivity index (χ3v) is 2.27. The minimum atomic E-state index is -1.09. The van der Waals surface area contributed by atoms with Crippen molar-refractivity contribution in [2.45, 2.75) is 0 Å². The Balaban J connectivity index is 2.91. The van der Waals surface area contributed by atoms with Crippen LogP contribution in [0.5, 0.6) is 0 Å². The van der Waals surface area contributed by atoms with Crippen molar-refractivity contribution in [2.24, 2.45) is 7.05 Å². The molecule has 0 radical (unpaired) electrons. The smallest absolute Gasteiger partial charge is 0.356 e. The largest absolute Gasteiger partial charge is 0.476 e. The van der Waals surface area contributed by atoms with Crippen LogP contribution < -0.4 is 0 Å². The van der Waals surface area contributed by atoms with Crippen LogP contribution in [0.25, 0.3) is 11.0 Å². The van der Waals surface area contributed by atoms with Crippen LogP contribution in [0, 0.1) is 0 Å². The van der Waals surface area contributed by atoms with Crippen LogP contribution in [-0.2, 0) is 7.05 Å². The molecule has 0 saturated carbocycles. The third kappa shape index (κ3) is 1.13. The third-order valence-electron chi connectivity index (χ3n) is 1.93. The van der Waals surface area contributed by atoms with E-state index in [1.807, 2.05) is 0 Å². The molecule has 72 valence electrons. The molecule has 1 N–H and O–H groups in total. The standard InChI is InChI=1S/C8H6ClN3O2/c1-12-6-4(11-8(12)9)2-3-10-5(6)7(13)14/h2-3H,1H3,(H,13,14). The van der Waals surface area contributed by atoms with Gasteiger partial charge >= 0.3 is 5.97 Å². The Morgan fingerprint density at radius 2 is 2.36 bits per heavy atom. The lowest BCUT2D eigenvalue weighted by Crippen LogP contribution is -2.03. The zero-order valence-electron chi connectivity index (χ0n) is 7.23. The molecule has 2 rings (SSSR count). The van der Waals surface area contributed by atoms with Crippen molar-refractivity contribution in [1.29, 1.82) is 0 Å². The van der Waals surface area contributed by atoms with Gasteiger partial charge in [0.15, 0.2) is 5.69 Å². The summed E-state index contributed by atoms with van der Waals surface area (Å²) < 4.78 is 1.49. The number of aromatic nitrogens is 3. The van der Waals surface area contributed by atoms with E-state index in [9.17, 15) is 4.79 Å². The summed E-state index contributed by atoms with van der Waals surface area (Å²) in [6, 6.07) is 1.62. The predicted molar refractivity (Wildman–Crippen MR) is 50.5 cm³/mol. The molecule has 0 amide bonds. The zero-order chi connectivity index (χ0) is 10.3. The molecule has 5 nitrogen and oxygen atoms in total. The molecule has 6 heteroatoms. The van der Waals surface area contributed by atoms with Gasteiger partial charge in [0.1, 0.15) is 5.52 Å². The molecular formula is C8H6ClN3O2. The maximum Gasteiger partial charge on any atom is 0.356 e.